The van der Waals surface area contributed by atoms with Crippen molar-refractivity contribution in [3.05, 3.63) is 59.9 Å². The first kappa shape index (κ1) is 20.1. The minimum Gasteiger partial charge on any atom is -0.497 e. The second kappa shape index (κ2) is 8.57. The van der Waals surface area contributed by atoms with E-state index in [-0.39, 0.29) is 16.6 Å². The van der Waals surface area contributed by atoms with Crippen LogP contribution in [0.2, 0.25) is 0 Å². The van der Waals surface area contributed by atoms with Crippen molar-refractivity contribution < 1.29 is 17.9 Å². The molecule has 0 aliphatic carbocycles. The zero-order valence-electron chi connectivity index (χ0n) is 15.8. The van der Waals surface area contributed by atoms with Crippen LogP contribution in [0.25, 0.3) is 0 Å². The summed E-state index contributed by atoms with van der Waals surface area (Å²) in [4.78, 5) is 4.32. The van der Waals surface area contributed by atoms with Crippen LogP contribution in [0.3, 0.4) is 0 Å². The van der Waals surface area contributed by atoms with Gasteiger partial charge in [0.05, 0.1) is 25.7 Å². The van der Waals surface area contributed by atoms with Gasteiger partial charge in [0.2, 0.25) is 5.13 Å². The maximum Gasteiger partial charge on any atom is 0.266 e. The Morgan fingerprint density at radius 2 is 1.82 bits per heavy atom. The van der Waals surface area contributed by atoms with Crippen molar-refractivity contribution in [1.82, 2.24) is 9.36 Å². The number of aromatic nitrogens is 2. The Kier molecular flexibility index (Phi) is 6.15. The zero-order chi connectivity index (χ0) is 20.1. The van der Waals surface area contributed by atoms with E-state index in [1.54, 1.807) is 37.4 Å². The van der Waals surface area contributed by atoms with Crippen molar-refractivity contribution >= 4 is 26.7 Å². The van der Waals surface area contributed by atoms with Crippen LogP contribution < -0.4 is 13.8 Å². The first-order valence-corrected chi connectivity index (χ1v) is 10.8. The lowest BCUT2D eigenvalue weighted by atomic mass is 10.2. The molecule has 0 aliphatic rings. The standard InChI is InChI=1S/C19H21N3O4S2/c1-4-14-5-9-17(10-6-14)28(23,24)22(19-20-13-21-27-19)12-15-7-8-16(25-2)11-18(15)26-3/h5-11,13H,4,12H2,1-3H3. The zero-order valence-corrected chi connectivity index (χ0v) is 17.5. The lowest BCUT2D eigenvalue weighted by Crippen LogP contribution is -2.30. The SMILES string of the molecule is CCc1ccc(S(=O)(=O)N(Cc2ccc(OC)cc2OC)c2ncns2)cc1. The molecule has 1 heterocycles. The van der Waals surface area contributed by atoms with Gasteiger partial charge in [-0.25, -0.2) is 17.7 Å². The smallest absolute Gasteiger partial charge is 0.266 e. The minimum atomic E-state index is -3.83. The minimum absolute atomic E-state index is 0.0558. The molecule has 9 heteroatoms. The molecule has 0 unspecified atom stereocenters. The second-order valence-corrected chi connectivity index (χ2v) is 8.53. The largest absolute Gasteiger partial charge is 0.497 e. The van der Waals surface area contributed by atoms with Crippen LogP contribution in [0.4, 0.5) is 5.13 Å². The van der Waals surface area contributed by atoms with Crippen molar-refractivity contribution in [1.29, 1.82) is 0 Å². The summed E-state index contributed by atoms with van der Waals surface area (Å²) in [6.45, 7) is 2.08. The molecule has 0 saturated carbocycles. The first-order valence-electron chi connectivity index (χ1n) is 8.58. The van der Waals surface area contributed by atoms with Gasteiger partial charge in [0.15, 0.2) is 0 Å². The van der Waals surface area contributed by atoms with Crippen molar-refractivity contribution in [2.75, 3.05) is 18.5 Å². The summed E-state index contributed by atoms with van der Waals surface area (Å²) in [6, 6.07) is 12.1. The molecule has 3 aromatic rings. The Morgan fingerprint density at radius 3 is 2.39 bits per heavy atom. The second-order valence-electron chi connectivity index (χ2n) is 5.91. The van der Waals surface area contributed by atoms with Gasteiger partial charge in [-0.2, -0.15) is 4.37 Å². The van der Waals surface area contributed by atoms with Gasteiger partial charge in [-0.3, -0.25) is 0 Å². The Labute approximate surface area is 168 Å². The monoisotopic (exact) mass is 419 g/mol. The Hall–Kier alpha value is -2.65. The predicted octanol–water partition coefficient (Wildman–Crippen LogP) is 3.51. The molecule has 1 aromatic heterocycles. The van der Waals surface area contributed by atoms with Crippen LogP contribution in [0.15, 0.2) is 53.7 Å². The first-order chi connectivity index (χ1) is 13.5. The highest BCUT2D eigenvalue weighted by molar-refractivity contribution is 7.93. The summed E-state index contributed by atoms with van der Waals surface area (Å²) >= 11 is 1.02. The maximum absolute atomic E-state index is 13.4. The van der Waals surface area contributed by atoms with Gasteiger partial charge in [0.25, 0.3) is 10.0 Å². The third-order valence-corrected chi connectivity index (χ3v) is 6.85. The van der Waals surface area contributed by atoms with Gasteiger partial charge in [0.1, 0.15) is 17.8 Å². The van der Waals surface area contributed by atoms with Gasteiger partial charge in [-0.15, -0.1) is 0 Å². The number of anilines is 1. The van der Waals surface area contributed by atoms with E-state index in [1.165, 1.54) is 17.7 Å². The fourth-order valence-corrected chi connectivity index (χ4v) is 4.82. The van der Waals surface area contributed by atoms with Crippen LogP contribution in [0.1, 0.15) is 18.1 Å². The number of hydrogen-bond donors (Lipinski definition) is 0. The third-order valence-electron chi connectivity index (χ3n) is 4.29. The van der Waals surface area contributed by atoms with Crippen LogP contribution >= 0.6 is 11.5 Å². The maximum atomic E-state index is 13.4. The van der Waals surface area contributed by atoms with Gasteiger partial charge in [0, 0.05) is 23.2 Å². The van der Waals surface area contributed by atoms with E-state index >= 15 is 0 Å². The van der Waals surface area contributed by atoms with Crippen LogP contribution in [-0.4, -0.2) is 32.0 Å². The third kappa shape index (κ3) is 4.10. The average Bonchev–Trinajstić information content (AvgIpc) is 3.26. The van der Waals surface area contributed by atoms with E-state index in [1.807, 2.05) is 19.1 Å². The van der Waals surface area contributed by atoms with Crippen LogP contribution in [0, 0.1) is 0 Å². The topological polar surface area (TPSA) is 81.6 Å². The number of nitrogens with zero attached hydrogens (tertiary/aromatic N) is 3. The number of rotatable bonds is 8. The Balaban J connectivity index is 2.03. The van der Waals surface area contributed by atoms with Crippen LogP contribution in [-0.2, 0) is 23.0 Å². The van der Waals surface area contributed by atoms with Gasteiger partial charge >= 0.3 is 0 Å². The summed E-state index contributed by atoms with van der Waals surface area (Å²) in [5.74, 6) is 1.16. The Morgan fingerprint density at radius 1 is 1.07 bits per heavy atom. The number of sulfonamides is 1. The lowest BCUT2D eigenvalue weighted by molar-refractivity contribution is 0.391. The van der Waals surface area contributed by atoms with E-state index in [2.05, 4.69) is 9.36 Å². The van der Waals surface area contributed by atoms with Gasteiger partial charge in [-0.05, 0) is 36.2 Å². The van der Waals surface area contributed by atoms with E-state index in [0.717, 1.165) is 23.5 Å². The highest BCUT2D eigenvalue weighted by Gasteiger charge is 2.28. The van der Waals surface area contributed by atoms with E-state index in [0.29, 0.717) is 17.1 Å². The van der Waals surface area contributed by atoms with Crippen molar-refractivity contribution in [2.24, 2.45) is 0 Å². The van der Waals surface area contributed by atoms with Crippen LogP contribution in [0.5, 0.6) is 11.5 Å². The van der Waals surface area contributed by atoms with E-state index < -0.39 is 10.0 Å². The molecule has 0 spiro atoms. The summed E-state index contributed by atoms with van der Waals surface area (Å²) < 4.78 is 42.6. The molecule has 0 amide bonds. The quantitative estimate of drug-likeness (QED) is 0.556. The molecule has 0 saturated heterocycles. The summed E-state index contributed by atoms with van der Waals surface area (Å²) in [5.41, 5.74) is 1.76. The van der Waals surface area contributed by atoms with E-state index in [9.17, 15) is 8.42 Å². The van der Waals surface area contributed by atoms with E-state index in [4.69, 9.17) is 9.47 Å². The molecule has 0 atom stereocenters. The highest BCUT2D eigenvalue weighted by atomic mass is 32.2. The summed E-state index contributed by atoms with van der Waals surface area (Å²) in [5, 5.41) is 0.289. The molecule has 0 bridgehead atoms. The number of hydrogen-bond acceptors (Lipinski definition) is 7. The molecule has 0 radical (unpaired) electrons. The molecule has 0 N–H and O–H groups in total. The molecular weight excluding hydrogens is 398 g/mol. The summed E-state index contributed by atoms with van der Waals surface area (Å²) in [6.07, 6.45) is 2.18. The molecule has 0 fully saturated rings. The molecule has 3 rings (SSSR count). The molecule has 148 valence electrons. The normalized spacial score (nSPS) is 11.2. The number of methoxy groups -OCH3 is 2. The number of aryl methyl sites for hydroxylation is 1. The fraction of sp³-hybridized carbons (Fsp3) is 0.263. The molecule has 0 aliphatic heterocycles. The molecular formula is C19H21N3O4S2. The van der Waals surface area contributed by atoms with Crippen molar-refractivity contribution in [2.45, 2.75) is 24.8 Å². The fourth-order valence-electron chi connectivity index (χ4n) is 2.69. The van der Waals surface area contributed by atoms with Gasteiger partial charge in [-0.1, -0.05) is 19.1 Å². The molecule has 28 heavy (non-hydrogen) atoms. The van der Waals surface area contributed by atoms with Gasteiger partial charge < -0.3 is 9.47 Å². The Bertz CT molecular complexity index is 1020. The molecule has 7 nitrogen and oxygen atoms in total. The predicted molar refractivity (Wildman–Crippen MR) is 109 cm³/mol. The number of ether oxygens (including phenoxy) is 2. The lowest BCUT2D eigenvalue weighted by Gasteiger charge is -2.22. The van der Waals surface area contributed by atoms with Crippen molar-refractivity contribution in [3.63, 3.8) is 0 Å². The average molecular weight is 420 g/mol. The highest BCUT2D eigenvalue weighted by Crippen LogP contribution is 2.31. The van der Waals surface area contributed by atoms with Crippen molar-refractivity contribution in [3.8, 4) is 11.5 Å². The number of benzene rings is 2. The molecule has 2 aromatic carbocycles. The summed E-state index contributed by atoms with van der Waals surface area (Å²) in [7, 11) is -0.738.